The number of rotatable bonds is 4. The van der Waals surface area contributed by atoms with Crippen molar-refractivity contribution >= 4 is 37.3 Å². The Balaban J connectivity index is 2.40. The molecule has 2 rings (SSSR count). The first kappa shape index (κ1) is 16.5. The van der Waals surface area contributed by atoms with Gasteiger partial charge in [0.2, 0.25) is 10.0 Å². The lowest BCUT2D eigenvalue weighted by Gasteiger charge is -2.18. The third kappa shape index (κ3) is 3.31. The SMILES string of the molecule is Cc1ncsc1CN(C)S(=O)(=O)c1c(F)cc(F)cc1Br. The largest absolute Gasteiger partial charge is 0.250 e. The molecule has 9 heteroatoms. The minimum Gasteiger partial charge on any atom is -0.250 e. The summed E-state index contributed by atoms with van der Waals surface area (Å²) in [5.41, 5.74) is 2.33. The zero-order valence-electron chi connectivity index (χ0n) is 11.1. The molecule has 0 N–H and O–H groups in total. The maximum absolute atomic E-state index is 13.8. The molecule has 0 unspecified atom stereocenters. The van der Waals surface area contributed by atoms with Gasteiger partial charge >= 0.3 is 0 Å². The van der Waals surface area contributed by atoms with Gasteiger partial charge in [-0.15, -0.1) is 11.3 Å². The summed E-state index contributed by atoms with van der Waals surface area (Å²) in [6, 6.07) is 1.46. The molecule has 0 spiro atoms. The first-order valence-corrected chi connectivity index (χ1v) is 8.84. The van der Waals surface area contributed by atoms with E-state index in [1.807, 2.05) is 0 Å². The summed E-state index contributed by atoms with van der Waals surface area (Å²) in [4.78, 5) is 4.22. The van der Waals surface area contributed by atoms with Crippen LogP contribution in [-0.4, -0.2) is 24.8 Å². The lowest BCUT2D eigenvalue weighted by molar-refractivity contribution is 0.459. The molecule has 114 valence electrons. The van der Waals surface area contributed by atoms with Gasteiger partial charge in [-0.25, -0.2) is 22.2 Å². The number of nitrogens with zero attached hydrogens (tertiary/aromatic N) is 2. The standard InChI is InChI=1S/C12H11BrF2N2O2S2/c1-7-11(20-6-16-7)5-17(2)21(18,19)12-9(13)3-8(14)4-10(12)15/h3-4,6H,5H2,1-2H3. The second-order valence-electron chi connectivity index (χ2n) is 4.32. The number of sulfonamides is 1. The fourth-order valence-corrected chi connectivity index (χ4v) is 4.85. The van der Waals surface area contributed by atoms with Crippen LogP contribution in [0.2, 0.25) is 0 Å². The van der Waals surface area contributed by atoms with Gasteiger partial charge in [0.25, 0.3) is 0 Å². The smallest absolute Gasteiger partial charge is 0.247 e. The summed E-state index contributed by atoms with van der Waals surface area (Å²) < 4.78 is 52.7. The Morgan fingerprint density at radius 2 is 2.05 bits per heavy atom. The second kappa shape index (κ2) is 6.07. The molecule has 0 bridgehead atoms. The number of thiazole rings is 1. The van der Waals surface area contributed by atoms with E-state index in [1.165, 1.54) is 18.4 Å². The van der Waals surface area contributed by atoms with Crippen LogP contribution < -0.4 is 0 Å². The van der Waals surface area contributed by atoms with Gasteiger partial charge in [-0.3, -0.25) is 0 Å². The van der Waals surface area contributed by atoms with E-state index in [0.717, 1.165) is 20.9 Å². The van der Waals surface area contributed by atoms with E-state index < -0.39 is 26.6 Å². The molecular weight excluding hydrogens is 386 g/mol. The lowest BCUT2D eigenvalue weighted by atomic mass is 10.3. The summed E-state index contributed by atoms with van der Waals surface area (Å²) >= 11 is 4.22. The van der Waals surface area contributed by atoms with E-state index in [1.54, 1.807) is 12.4 Å². The van der Waals surface area contributed by atoms with Gasteiger partial charge in [-0.05, 0) is 28.9 Å². The number of halogens is 3. The molecular formula is C12H11BrF2N2O2S2. The molecule has 0 amide bonds. The highest BCUT2D eigenvalue weighted by Crippen LogP contribution is 2.29. The first-order chi connectivity index (χ1) is 9.73. The molecule has 4 nitrogen and oxygen atoms in total. The molecule has 0 saturated carbocycles. The van der Waals surface area contributed by atoms with Crippen LogP contribution in [0.4, 0.5) is 8.78 Å². The first-order valence-electron chi connectivity index (χ1n) is 5.73. The summed E-state index contributed by atoms with van der Waals surface area (Å²) in [6.45, 7) is 1.84. The van der Waals surface area contributed by atoms with Crippen molar-refractivity contribution in [3.05, 3.63) is 44.3 Å². The van der Waals surface area contributed by atoms with Crippen LogP contribution in [-0.2, 0) is 16.6 Å². The minimum atomic E-state index is -4.09. The Bertz CT molecular complexity index is 754. The molecule has 1 aromatic heterocycles. The molecule has 0 aliphatic rings. The Morgan fingerprint density at radius 1 is 1.38 bits per heavy atom. The van der Waals surface area contributed by atoms with Gasteiger partial charge in [-0.2, -0.15) is 4.31 Å². The molecule has 21 heavy (non-hydrogen) atoms. The van der Waals surface area contributed by atoms with Gasteiger partial charge in [0.15, 0.2) is 0 Å². The quantitative estimate of drug-likeness (QED) is 0.796. The van der Waals surface area contributed by atoms with E-state index in [0.29, 0.717) is 6.07 Å². The lowest BCUT2D eigenvalue weighted by Crippen LogP contribution is -2.27. The molecule has 1 aromatic carbocycles. The van der Waals surface area contributed by atoms with Gasteiger partial charge in [0.1, 0.15) is 16.5 Å². The summed E-state index contributed by atoms with van der Waals surface area (Å²) in [6.07, 6.45) is 0. The van der Waals surface area contributed by atoms with Crippen molar-refractivity contribution in [1.82, 2.24) is 9.29 Å². The van der Waals surface area contributed by atoms with Gasteiger partial charge < -0.3 is 0 Å². The highest BCUT2D eigenvalue weighted by molar-refractivity contribution is 9.10. The molecule has 0 aliphatic heterocycles. The number of hydrogen-bond donors (Lipinski definition) is 0. The topological polar surface area (TPSA) is 50.3 Å². The number of benzene rings is 1. The van der Waals surface area contributed by atoms with E-state index in [2.05, 4.69) is 20.9 Å². The maximum atomic E-state index is 13.8. The summed E-state index contributed by atoms with van der Waals surface area (Å²) in [5, 5.41) is 0. The molecule has 0 fully saturated rings. The Hall–Kier alpha value is -0.900. The van der Waals surface area contributed by atoms with Crippen LogP contribution in [0.25, 0.3) is 0 Å². The van der Waals surface area contributed by atoms with E-state index >= 15 is 0 Å². The Kier molecular flexibility index (Phi) is 4.76. The van der Waals surface area contributed by atoms with Gasteiger partial charge in [-0.1, -0.05) is 0 Å². The normalized spacial score (nSPS) is 12.1. The van der Waals surface area contributed by atoms with E-state index in [-0.39, 0.29) is 11.0 Å². The average molecular weight is 397 g/mol. The van der Waals surface area contributed by atoms with E-state index in [9.17, 15) is 17.2 Å². The van der Waals surface area contributed by atoms with Crippen molar-refractivity contribution in [3.8, 4) is 0 Å². The minimum absolute atomic E-state index is 0.0715. The van der Waals surface area contributed by atoms with Crippen molar-refractivity contribution in [3.63, 3.8) is 0 Å². The highest BCUT2D eigenvalue weighted by atomic mass is 79.9. The van der Waals surface area contributed by atoms with Crippen LogP contribution in [0.1, 0.15) is 10.6 Å². The summed E-state index contributed by atoms with van der Waals surface area (Å²) in [5.74, 6) is -1.98. The fraction of sp³-hybridized carbons (Fsp3) is 0.250. The van der Waals surface area contributed by atoms with Crippen molar-refractivity contribution in [1.29, 1.82) is 0 Å². The van der Waals surface area contributed by atoms with Gasteiger partial charge in [0.05, 0.1) is 11.2 Å². The molecule has 0 atom stereocenters. The van der Waals surface area contributed by atoms with Crippen molar-refractivity contribution < 1.29 is 17.2 Å². The number of aryl methyl sites for hydroxylation is 1. The molecule has 0 radical (unpaired) electrons. The monoisotopic (exact) mass is 396 g/mol. The maximum Gasteiger partial charge on any atom is 0.247 e. The zero-order chi connectivity index (χ0) is 15.8. The van der Waals surface area contributed by atoms with Gasteiger partial charge in [0, 0.05) is 29.0 Å². The number of aromatic nitrogens is 1. The average Bonchev–Trinajstić information content (AvgIpc) is 2.73. The predicted octanol–water partition coefficient (Wildman–Crippen LogP) is 3.31. The van der Waals surface area contributed by atoms with Crippen LogP contribution in [0.15, 0.2) is 27.0 Å². The predicted molar refractivity (Wildman–Crippen MR) is 79.6 cm³/mol. The third-order valence-electron chi connectivity index (χ3n) is 2.84. The van der Waals surface area contributed by atoms with Crippen molar-refractivity contribution in [2.75, 3.05) is 7.05 Å². The molecule has 1 heterocycles. The van der Waals surface area contributed by atoms with E-state index in [4.69, 9.17) is 0 Å². The molecule has 2 aromatic rings. The van der Waals surface area contributed by atoms with Crippen LogP contribution in [0.3, 0.4) is 0 Å². The molecule has 0 saturated heterocycles. The van der Waals surface area contributed by atoms with Crippen molar-refractivity contribution in [2.45, 2.75) is 18.4 Å². The highest BCUT2D eigenvalue weighted by Gasteiger charge is 2.28. The third-order valence-corrected chi connectivity index (χ3v) is 6.53. The fourth-order valence-electron chi connectivity index (χ4n) is 1.70. The van der Waals surface area contributed by atoms with Crippen LogP contribution in [0, 0.1) is 18.6 Å². The summed E-state index contributed by atoms with van der Waals surface area (Å²) in [7, 11) is -2.75. The van der Waals surface area contributed by atoms with Crippen LogP contribution in [0.5, 0.6) is 0 Å². The zero-order valence-corrected chi connectivity index (χ0v) is 14.3. The Labute approximate surface area is 133 Å². The second-order valence-corrected chi connectivity index (χ2v) is 8.10. The Morgan fingerprint density at radius 3 is 2.57 bits per heavy atom. The number of hydrogen-bond acceptors (Lipinski definition) is 4. The van der Waals surface area contributed by atoms with Crippen molar-refractivity contribution in [2.24, 2.45) is 0 Å². The molecule has 0 aliphatic carbocycles. The van der Waals surface area contributed by atoms with Crippen LogP contribution >= 0.6 is 27.3 Å².